The standard InChI is InChI=1S/C22H20ClN3O4/c1-28-18-5-2-3-6-19(18)29-13-20(27)26-12-16-10-14-9-15(23)11-17(21(14)30-16)22-24-7-4-8-25-22/h2-9,11,16H,10,12-13H2,1H3,(H,26,27)/t16-/m0/s1. The summed E-state index contributed by atoms with van der Waals surface area (Å²) in [7, 11) is 1.55. The van der Waals surface area contributed by atoms with Crippen molar-refractivity contribution in [3.05, 3.63) is 65.4 Å². The van der Waals surface area contributed by atoms with E-state index < -0.39 is 0 Å². The van der Waals surface area contributed by atoms with Gasteiger partial charge in [-0.05, 0) is 30.3 Å². The molecule has 8 heteroatoms. The van der Waals surface area contributed by atoms with E-state index in [1.807, 2.05) is 18.2 Å². The number of halogens is 1. The van der Waals surface area contributed by atoms with Crippen molar-refractivity contribution in [1.29, 1.82) is 0 Å². The van der Waals surface area contributed by atoms with Crippen LogP contribution in [0.25, 0.3) is 11.4 Å². The van der Waals surface area contributed by atoms with Gasteiger partial charge < -0.3 is 19.5 Å². The number of methoxy groups -OCH3 is 1. The van der Waals surface area contributed by atoms with Gasteiger partial charge in [0.05, 0.1) is 19.2 Å². The topological polar surface area (TPSA) is 82.6 Å². The Balaban J connectivity index is 1.36. The van der Waals surface area contributed by atoms with Gasteiger partial charge in [0.15, 0.2) is 23.9 Å². The van der Waals surface area contributed by atoms with Crippen molar-refractivity contribution >= 4 is 17.5 Å². The highest BCUT2D eigenvalue weighted by molar-refractivity contribution is 6.31. The second-order valence-electron chi connectivity index (χ2n) is 6.70. The fourth-order valence-electron chi connectivity index (χ4n) is 3.27. The normalized spacial score (nSPS) is 14.5. The van der Waals surface area contributed by atoms with Gasteiger partial charge in [-0.3, -0.25) is 4.79 Å². The number of carbonyl (C=O) groups is 1. The molecule has 0 aliphatic carbocycles. The summed E-state index contributed by atoms with van der Waals surface area (Å²) in [6.07, 6.45) is 3.76. The van der Waals surface area contributed by atoms with E-state index in [-0.39, 0.29) is 18.6 Å². The molecule has 1 amide bonds. The molecule has 0 spiro atoms. The van der Waals surface area contributed by atoms with Crippen molar-refractivity contribution in [2.75, 3.05) is 20.3 Å². The number of amides is 1. The maximum Gasteiger partial charge on any atom is 0.258 e. The molecular formula is C22H20ClN3O4. The van der Waals surface area contributed by atoms with Crippen molar-refractivity contribution in [3.8, 4) is 28.6 Å². The number of rotatable bonds is 7. The fraction of sp³-hybridized carbons (Fsp3) is 0.227. The van der Waals surface area contributed by atoms with E-state index in [2.05, 4.69) is 15.3 Å². The van der Waals surface area contributed by atoms with Crippen LogP contribution in [-0.4, -0.2) is 42.2 Å². The maximum atomic E-state index is 12.2. The molecule has 4 rings (SSSR count). The molecule has 1 aromatic heterocycles. The minimum absolute atomic E-state index is 0.116. The number of nitrogens with one attached hydrogen (secondary N) is 1. The van der Waals surface area contributed by atoms with E-state index in [1.54, 1.807) is 43.8 Å². The third-order valence-electron chi connectivity index (χ3n) is 4.62. The van der Waals surface area contributed by atoms with E-state index in [4.69, 9.17) is 25.8 Å². The van der Waals surface area contributed by atoms with Crippen molar-refractivity contribution in [2.45, 2.75) is 12.5 Å². The van der Waals surface area contributed by atoms with Crippen LogP contribution in [0.1, 0.15) is 5.56 Å². The molecule has 0 saturated heterocycles. The lowest BCUT2D eigenvalue weighted by atomic mass is 10.1. The average molecular weight is 426 g/mol. The Hall–Kier alpha value is -3.32. The molecule has 1 atom stereocenters. The molecule has 1 N–H and O–H groups in total. The monoisotopic (exact) mass is 425 g/mol. The van der Waals surface area contributed by atoms with Gasteiger partial charge in [0.2, 0.25) is 0 Å². The highest BCUT2D eigenvalue weighted by Crippen LogP contribution is 2.39. The number of hydrogen-bond donors (Lipinski definition) is 1. The summed E-state index contributed by atoms with van der Waals surface area (Å²) >= 11 is 6.27. The summed E-state index contributed by atoms with van der Waals surface area (Å²) in [4.78, 5) is 20.8. The smallest absolute Gasteiger partial charge is 0.258 e. The Labute approximate surface area is 179 Å². The van der Waals surface area contributed by atoms with Crippen LogP contribution < -0.4 is 19.5 Å². The van der Waals surface area contributed by atoms with Crippen LogP contribution in [0.3, 0.4) is 0 Å². The third-order valence-corrected chi connectivity index (χ3v) is 4.84. The zero-order chi connectivity index (χ0) is 20.9. The molecule has 0 bridgehead atoms. The van der Waals surface area contributed by atoms with Crippen molar-refractivity contribution < 1.29 is 19.0 Å². The van der Waals surface area contributed by atoms with Crippen molar-refractivity contribution in [1.82, 2.24) is 15.3 Å². The summed E-state index contributed by atoms with van der Waals surface area (Å²) in [5.41, 5.74) is 1.71. The summed E-state index contributed by atoms with van der Waals surface area (Å²) in [6, 6.07) is 12.6. The predicted molar refractivity (Wildman–Crippen MR) is 112 cm³/mol. The minimum Gasteiger partial charge on any atom is -0.493 e. The van der Waals surface area contributed by atoms with Gasteiger partial charge in [-0.15, -0.1) is 0 Å². The zero-order valence-electron chi connectivity index (χ0n) is 16.3. The highest BCUT2D eigenvalue weighted by Gasteiger charge is 2.27. The lowest BCUT2D eigenvalue weighted by molar-refractivity contribution is -0.123. The number of para-hydroxylation sites is 2. The van der Waals surface area contributed by atoms with Crippen LogP contribution in [-0.2, 0) is 11.2 Å². The summed E-state index contributed by atoms with van der Waals surface area (Å²) in [6.45, 7) is 0.227. The lowest BCUT2D eigenvalue weighted by Crippen LogP contribution is -2.37. The predicted octanol–water partition coefficient (Wildman–Crippen LogP) is 3.30. The SMILES string of the molecule is COc1ccccc1OCC(=O)NC[C@@H]1Cc2cc(Cl)cc(-c3ncccn3)c2O1. The van der Waals surface area contributed by atoms with E-state index in [1.165, 1.54) is 0 Å². The molecule has 0 saturated carbocycles. The van der Waals surface area contributed by atoms with Gasteiger partial charge in [0, 0.05) is 29.4 Å². The third kappa shape index (κ3) is 4.46. The van der Waals surface area contributed by atoms with Crippen LogP contribution in [0.4, 0.5) is 0 Å². The van der Waals surface area contributed by atoms with Crippen LogP contribution in [0.2, 0.25) is 5.02 Å². The first-order valence-electron chi connectivity index (χ1n) is 9.43. The molecular weight excluding hydrogens is 406 g/mol. The number of aromatic nitrogens is 2. The van der Waals surface area contributed by atoms with Crippen LogP contribution >= 0.6 is 11.6 Å². The average Bonchev–Trinajstić information content (AvgIpc) is 3.19. The second-order valence-corrected chi connectivity index (χ2v) is 7.14. The summed E-state index contributed by atoms with van der Waals surface area (Å²) in [5.74, 6) is 2.10. The number of benzene rings is 2. The Morgan fingerprint density at radius 2 is 1.97 bits per heavy atom. The second kappa shape index (κ2) is 9.00. The number of hydrogen-bond acceptors (Lipinski definition) is 6. The fourth-order valence-corrected chi connectivity index (χ4v) is 3.51. The number of carbonyl (C=O) groups excluding carboxylic acids is 1. The number of fused-ring (bicyclic) bond motifs is 1. The number of ether oxygens (including phenoxy) is 3. The van der Waals surface area contributed by atoms with Gasteiger partial charge in [-0.25, -0.2) is 9.97 Å². The largest absolute Gasteiger partial charge is 0.493 e. The molecule has 1 aliphatic rings. The summed E-state index contributed by atoms with van der Waals surface area (Å²) < 4.78 is 16.8. The Morgan fingerprint density at radius 3 is 2.73 bits per heavy atom. The van der Waals surface area contributed by atoms with E-state index in [0.29, 0.717) is 41.1 Å². The quantitative estimate of drug-likeness (QED) is 0.625. The molecule has 2 heterocycles. The van der Waals surface area contributed by atoms with Crippen LogP contribution in [0, 0.1) is 0 Å². The first-order chi connectivity index (χ1) is 14.6. The maximum absolute atomic E-state index is 12.2. The van der Waals surface area contributed by atoms with Crippen LogP contribution in [0.15, 0.2) is 54.9 Å². The Morgan fingerprint density at radius 1 is 1.20 bits per heavy atom. The molecule has 154 valence electrons. The van der Waals surface area contributed by atoms with Gasteiger partial charge in [0.1, 0.15) is 11.9 Å². The van der Waals surface area contributed by atoms with Crippen molar-refractivity contribution in [3.63, 3.8) is 0 Å². The van der Waals surface area contributed by atoms with Gasteiger partial charge in [-0.2, -0.15) is 0 Å². The number of nitrogens with zero attached hydrogens (tertiary/aromatic N) is 2. The minimum atomic E-state index is -0.245. The van der Waals surface area contributed by atoms with E-state index in [0.717, 1.165) is 11.1 Å². The Kier molecular flexibility index (Phi) is 5.99. The summed E-state index contributed by atoms with van der Waals surface area (Å²) in [5, 5.41) is 3.44. The van der Waals surface area contributed by atoms with E-state index >= 15 is 0 Å². The molecule has 0 unspecified atom stereocenters. The first-order valence-corrected chi connectivity index (χ1v) is 9.81. The van der Waals surface area contributed by atoms with Crippen LogP contribution in [0.5, 0.6) is 17.2 Å². The van der Waals surface area contributed by atoms with Gasteiger partial charge in [-0.1, -0.05) is 23.7 Å². The highest BCUT2D eigenvalue weighted by atomic mass is 35.5. The molecule has 1 aliphatic heterocycles. The van der Waals surface area contributed by atoms with Crippen molar-refractivity contribution in [2.24, 2.45) is 0 Å². The molecule has 3 aromatic rings. The molecule has 2 aromatic carbocycles. The molecule has 7 nitrogen and oxygen atoms in total. The zero-order valence-corrected chi connectivity index (χ0v) is 17.1. The molecule has 30 heavy (non-hydrogen) atoms. The molecule has 0 radical (unpaired) electrons. The Bertz CT molecular complexity index is 1050. The van der Waals surface area contributed by atoms with E-state index in [9.17, 15) is 4.79 Å². The molecule has 0 fully saturated rings. The first kappa shape index (κ1) is 20.0. The lowest BCUT2D eigenvalue weighted by Gasteiger charge is -2.14. The van der Waals surface area contributed by atoms with Gasteiger partial charge >= 0.3 is 0 Å². The van der Waals surface area contributed by atoms with Gasteiger partial charge in [0.25, 0.3) is 5.91 Å².